The van der Waals surface area contributed by atoms with Crippen LogP contribution in [0.1, 0.15) is 65.2 Å². The molecule has 1 aliphatic carbocycles. The third-order valence-electron chi connectivity index (χ3n) is 5.05. The Kier molecular flexibility index (Phi) is 9.67. The highest BCUT2D eigenvalue weighted by Gasteiger charge is 2.38. The zero-order chi connectivity index (χ0) is 18.8. The molecule has 1 fully saturated rings. The molecule has 7 heteroatoms. The Morgan fingerprint density at radius 3 is 2.48 bits per heavy atom. The fraction of sp³-hybridized carbons (Fsp3) is 0.833. The highest BCUT2D eigenvalue weighted by Crippen LogP contribution is 2.35. The minimum absolute atomic E-state index is 0.00379. The Morgan fingerprint density at radius 2 is 1.88 bits per heavy atom. The first-order valence-electron chi connectivity index (χ1n) is 9.38. The number of carbonyl (C=O) groups is 3. The van der Waals surface area contributed by atoms with E-state index in [0.717, 1.165) is 32.1 Å². The summed E-state index contributed by atoms with van der Waals surface area (Å²) in [5.74, 6) is -2.23. The van der Waals surface area contributed by atoms with Crippen LogP contribution in [0.15, 0.2) is 0 Å². The number of Topliss-reactive ketones (excluding diaryl/α,β-unsaturated/α-hetero) is 1. The summed E-state index contributed by atoms with van der Waals surface area (Å²) in [6, 6.07) is 0. The van der Waals surface area contributed by atoms with Gasteiger partial charge in [-0.2, -0.15) is 0 Å². The number of hydrogen-bond acceptors (Lipinski definition) is 5. The predicted molar refractivity (Wildman–Crippen MR) is 92.7 cm³/mol. The molecule has 0 heterocycles. The van der Waals surface area contributed by atoms with Crippen molar-refractivity contribution in [2.45, 2.75) is 71.3 Å². The van der Waals surface area contributed by atoms with Crippen molar-refractivity contribution in [1.29, 1.82) is 0 Å². The number of aliphatic hydroxyl groups excluding tert-OH is 1. The van der Waals surface area contributed by atoms with E-state index >= 15 is 0 Å². The molecule has 7 nitrogen and oxygen atoms in total. The van der Waals surface area contributed by atoms with Crippen molar-refractivity contribution in [3.63, 3.8) is 0 Å². The van der Waals surface area contributed by atoms with E-state index < -0.39 is 17.9 Å². The largest absolute Gasteiger partial charge is 0.382 e. The van der Waals surface area contributed by atoms with Crippen LogP contribution in [0.3, 0.4) is 0 Å². The number of rotatable bonds is 11. The molecule has 144 valence electrons. The number of hydroxylamine groups is 1. The van der Waals surface area contributed by atoms with Gasteiger partial charge in [0.25, 0.3) is 5.91 Å². The number of nitrogens with one attached hydrogen (secondary N) is 2. The Morgan fingerprint density at radius 1 is 1.16 bits per heavy atom. The van der Waals surface area contributed by atoms with Gasteiger partial charge in [-0.15, -0.1) is 0 Å². The van der Waals surface area contributed by atoms with Gasteiger partial charge in [0, 0.05) is 18.9 Å². The number of hydrogen-bond donors (Lipinski definition) is 4. The molecule has 1 aliphatic rings. The molecule has 1 saturated carbocycles. The monoisotopic (exact) mass is 356 g/mol. The first kappa shape index (κ1) is 21.6. The summed E-state index contributed by atoms with van der Waals surface area (Å²) in [5, 5.41) is 21.7. The highest BCUT2D eigenvalue weighted by molar-refractivity contribution is 5.90. The normalized spacial score (nSPS) is 22.2. The summed E-state index contributed by atoms with van der Waals surface area (Å²) in [6.45, 7) is 4.58. The SMILES string of the molecule is CCCC[C@@H](C(=O)CC1CCC[C@H]1C(=O)NCCC)[C@H](O)C(=O)NO. The molecule has 0 bridgehead atoms. The fourth-order valence-corrected chi connectivity index (χ4v) is 3.58. The molecular weight excluding hydrogens is 324 g/mol. The lowest BCUT2D eigenvalue weighted by Gasteiger charge is -2.24. The molecule has 1 rings (SSSR count). The lowest BCUT2D eigenvalue weighted by atomic mass is 9.83. The van der Waals surface area contributed by atoms with Crippen LogP contribution in [0, 0.1) is 17.8 Å². The molecule has 2 amide bonds. The molecule has 0 aromatic heterocycles. The fourth-order valence-electron chi connectivity index (χ4n) is 3.58. The van der Waals surface area contributed by atoms with E-state index in [0.29, 0.717) is 19.4 Å². The van der Waals surface area contributed by atoms with Gasteiger partial charge in [0.05, 0.1) is 5.92 Å². The summed E-state index contributed by atoms with van der Waals surface area (Å²) >= 11 is 0. The lowest BCUT2D eigenvalue weighted by molar-refractivity contribution is -0.146. The van der Waals surface area contributed by atoms with Crippen molar-refractivity contribution in [2.24, 2.45) is 17.8 Å². The smallest absolute Gasteiger partial charge is 0.272 e. The van der Waals surface area contributed by atoms with E-state index in [2.05, 4.69) is 5.32 Å². The summed E-state index contributed by atoms with van der Waals surface area (Å²) in [7, 11) is 0. The molecule has 25 heavy (non-hydrogen) atoms. The van der Waals surface area contributed by atoms with E-state index in [1.165, 1.54) is 5.48 Å². The highest BCUT2D eigenvalue weighted by atomic mass is 16.5. The molecule has 1 unspecified atom stereocenters. The van der Waals surface area contributed by atoms with Crippen molar-refractivity contribution in [2.75, 3.05) is 6.54 Å². The van der Waals surface area contributed by atoms with E-state index in [-0.39, 0.29) is 29.9 Å². The molecular formula is C18H32N2O5. The van der Waals surface area contributed by atoms with Crippen molar-refractivity contribution in [3.8, 4) is 0 Å². The third kappa shape index (κ3) is 6.40. The average Bonchev–Trinajstić information content (AvgIpc) is 3.07. The minimum Gasteiger partial charge on any atom is -0.382 e. The van der Waals surface area contributed by atoms with Gasteiger partial charge in [-0.25, -0.2) is 5.48 Å². The molecule has 0 spiro atoms. The molecule has 0 saturated heterocycles. The van der Waals surface area contributed by atoms with Crippen LogP contribution in [0.25, 0.3) is 0 Å². The van der Waals surface area contributed by atoms with Gasteiger partial charge in [-0.05, 0) is 31.6 Å². The molecule has 0 aromatic carbocycles. The van der Waals surface area contributed by atoms with Crippen LogP contribution in [0.4, 0.5) is 0 Å². The van der Waals surface area contributed by atoms with Gasteiger partial charge in [-0.3, -0.25) is 19.6 Å². The van der Waals surface area contributed by atoms with Gasteiger partial charge < -0.3 is 10.4 Å². The van der Waals surface area contributed by atoms with Gasteiger partial charge in [-0.1, -0.05) is 33.1 Å². The number of unbranched alkanes of at least 4 members (excludes halogenated alkanes) is 1. The average molecular weight is 356 g/mol. The maximum absolute atomic E-state index is 12.7. The topological polar surface area (TPSA) is 116 Å². The van der Waals surface area contributed by atoms with Crippen molar-refractivity contribution in [3.05, 3.63) is 0 Å². The number of ketones is 1. The summed E-state index contributed by atoms with van der Waals surface area (Å²) < 4.78 is 0. The quantitative estimate of drug-likeness (QED) is 0.331. The lowest BCUT2D eigenvalue weighted by Crippen LogP contribution is -2.42. The van der Waals surface area contributed by atoms with Crippen LogP contribution >= 0.6 is 0 Å². The van der Waals surface area contributed by atoms with Gasteiger partial charge in [0.1, 0.15) is 11.9 Å². The summed E-state index contributed by atoms with van der Waals surface area (Å²) in [5.41, 5.74) is 1.42. The third-order valence-corrected chi connectivity index (χ3v) is 5.05. The second kappa shape index (κ2) is 11.2. The molecule has 0 aliphatic heterocycles. The Hall–Kier alpha value is -1.47. The van der Waals surface area contributed by atoms with E-state index in [1.807, 2.05) is 13.8 Å². The van der Waals surface area contributed by atoms with Crippen LogP contribution in [0.5, 0.6) is 0 Å². The van der Waals surface area contributed by atoms with Crippen molar-refractivity contribution < 1.29 is 24.7 Å². The van der Waals surface area contributed by atoms with Crippen LogP contribution in [0.2, 0.25) is 0 Å². The van der Waals surface area contributed by atoms with Gasteiger partial charge in [0.15, 0.2) is 0 Å². The second-order valence-electron chi connectivity index (χ2n) is 6.93. The predicted octanol–water partition coefficient (Wildman–Crippen LogP) is 1.56. The summed E-state index contributed by atoms with van der Waals surface area (Å²) in [4.78, 5) is 36.5. The number of carbonyl (C=O) groups excluding carboxylic acids is 3. The standard InChI is InChI=1S/C18H32N2O5/c1-3-5-8-14(16(22)18(24)20-25)15(21)11-12-7-6-9-13(12)17(23)19-10-4-2/h12-14,16,22,25H,3-11H2,1-2H3,(H,19,23)(H,20,24)/t12?,13-,14+,16+/m1/s1. The molecule has 0 aromatic rings. The maximum atomic E-state index is 12.7. The Bertz CT molecular complexity index is 455. The number of aliphatic hydroxyl groups is 1. The van der Waals surface area contributed by atoms with Crippen LogP contribution in [-0.4, -0.2) is 40.6 Å². The van der Waals surface area contributed by atoms with Gasteiger partial charge in [0.2, 0.25) is 5.91 Å². The zero-order valence-corrected chi connectivity index (χ0v) is 15.3. The van der Waals surface area contributed by atoms with Gasteiger partial charge >= 0.3 is 0 Å². The number of amides is 2. The first-order valence-corrected chi connectivity index (χ1v) is 9.38. The van der Waals surface area contributed by atoms with E-state index in [4.69, 9.17) is 5.21 Å². The van der Waals surface area contributed by atoms with E-state index in [9.17, 15) is 19.5 Å². The minimum atomic E-state index is -1.56. The van der Waals surface area contributed by atoms with Crippen LogP contribution < -0.4 is 10.8 Å². The van der Waals surface area contributed by atoms with E-state index in [1.54, 1.807) is 0 Å². The second-order valence-corrected chi connectivity index (χ2v) is 6.93. The Balaban J connectivity index is 2.73. The molecule has 4 N–H and O–H groups in total. The first-order chi connectivity index (χ1) is 12.0. The van der Waals surface area contributed by atoms with Crippen molar-refractivity contribution in [1.82, 2.24) is 10.8 Å². The van der Waals surface area contributed by atoms with Crippen LogP contribution in [-0.2, 0) is 14.4 Å². The Labute approximate surface area is 149 Å². The molecule has 0 radical (unpaired) electrons. The van der Waals surface area contributed by atoms with Crippen molar-refractivity contribution >= 4 is 17.6 Å². The maximum Gasteiger partial charge on any atom is 0.272 e. The molecule has 4 atom stereocenters. The summed E-state index contributed by atoms with van der Waals surface area (Å²) in [6.07, 6.45) is 3.91. The zero-order valence-electron chi connectivity index (χ0n) is 15.3.